The Morgan fingerprint density at radius 1 is 1.14 bits per heavy atom. The molecule has 0 aliphatic carbocycles. The van der Waals surface area contributed by atoms with Gasteiger partial charge in [0.15, 0.2) is 10.7 Å². The topological polar surface area (TPSA) is 51.0 Å². The Morgan fingerprint density at radius 2 is 2.00 bits per heavy atom. The number of aryl methyl sites for hydroxylation is 1. The Bertz CT molecular complexity index is 1010. The Hall–Kier alpha value is -1.82. The summed E-state index contributed by atoms with van der Waals surface area (Å²) in [5.41, 5.74) is 3.34. The highest BCUT2D eigenvalue weighted by Crippen LogP contribution is 2.36. The molecule has 2 heterocycles. The monoisotopic (exact) mass is 349 g/mol. The van der Waals surface area contributed by atoms with E-state index in [9.17, 15) is 0 Å². The van der Waals surface area contributed by atoms with Gasteiger partial charge < -0.3 is 4.42 Å². The number of fused-ring (bicyclic) bond motifs is 2. The zero-order chi connectivity index (χ0) is 15.3. The van der Waals surface area contributed by atoms with Crippen LogP contribution < -0.4 is 5.32 Å². The van der Waals surface area contributed by atoms with E-state index >= 15 is 0 Å². The molecule has 0 fully saturated rings. The largest absolute Gasteiger partial charge is 0.423 e. The van der Waals surface area contributed by atoms with Crippen molar-refractivity contribution in [3.05, 3.63) is 45.9 Å². The van der Waals surface area contributed by atoms with Crippen LogP contribution >= 0.6 is 34.5 Å². The molecule has 0 radical (unpaired) electrons. The van der Waals surface area contributed by atoms with E-state index in [0.29, 0.717) is 26.7 Å². The van der Waals surface area contributed by atoms with E-state index in [2.05, 4.69) is 15.3 Å². The summed E-state index contributed by atoms with van der Waals surface area (Å²) in [7, 11) is 0. The van der Waals surface area contributed by atoms with Gasteiger partial charge in [-0.15, -0.1) is 0 Å². The summed E-state index contributed by atoms with van der Waals surface area (Å²) in [6.07, 6.45) is 0. The lowest BCUT2D eigenvalue weighted by Crippen LogP contribution is -1.88. The predicted octanol–water partition coefficient (Wildman–Crippen LogP) is 5.80. The van der Waals surface area contributed by atoms with Gasteiger partial charge >= 0.3 is 6.01 Å². The van der Waals surface area contributed by atoms with Crippen molar-refractivity contribution in [2.24, 2.45) is 0 Å². The average Bonchev–Trinajstić information content (AvgIpc) is 3.06. The van der Waals surface area contributed by atoms with Gasteiger partial charge in [-0.1, -0.05) is 40.6 Å². The maximum Gasteiger partial charge on any atom is 0.302 e. The van der Waals surface area contributed by atoms with Crippen LogP contribution in [0.25, 0.3) is 21.3 Å². The van der Waals surface area contributed by atoms with Gasteiger partial charge in [0.1, 0.15) is 11.0 Å². The second-order valence-corrected chi connectivity index (χ2v) is 6.66. The number of nitrogens with zero attached hydrogens (tertiary/aromatic N) is 2. The first-order valence-corrected chi connectivity index (χ1v) is 8.06. The quantitative estimate of drug-likeness (QED) is 0.497. The molecule has 0 amide bonds. The van der Waals surface area contributed by atoms with Crippen LogP contribution in [0.1, 0.15) is 5.56 Å². The van der Waals surface area contributed by atoms with Crippen molar-refractivity contribution in [3.8, 4) is 0 Å². The van der Waals surface area contributed by atoms with Crippen molar-refractivity contribution in [2.45, 2.75) is 6.92 Å². The van der Waals surface area contributed by atoms with E-state index in [0.717, 1.165) is 21.4 Å². The van der Waals surface area contributed by atoms with E-state index in [4.69, 9.17) is 27.6 Å². The molecule has 0 atom stereocenters. The highest BCUT2D eigenvalue weighted by atomic mass is 35.5. The molecule has 1 N–H and O–H groups in total. The zero-order valence-electron chi connectivity index (χ0n) is 11.4. The minimum atomic E-state index is 0.405. The minimum absolute atomic E-state index is 0.405. The van der Waals surface area contributed by atoms with Crippen molar-refractivity contribution in [2.75, 3.05) is 5.32 Å². The lowest BCUT2D eigenvalue weighted by Gasteiger charge is -1.94. The average molecular weight is 350 g/mol. The van der Waals surface area contributed by atoms with E-state index in [1.54, 1.807) is 6.07 Å². The van der Waals surface area contributed by atoms with Gasteiger partial charge in [-0.3, -0.25) is 5.32 Å². The summed E-state index contributed by atoms with van der Waals surface area (Å²) in [6, 6.07) is 9.92. The molecule has 0 aliphatic rings. The van der Waals surface area contributed by atoms with Crippen LogP contribution in [0.3, 0.4) is 0 Å². The predicted molar refractivity (Wildman–Crippen MR) is 91.7 cm³/mol. The molecule has 110 valence electrons. The number of benzene rings is 2. The molecule has 2 aromatic heterocycles. The van der Waals surface area contributed by atoms with Crippen LogP contribution in [0.2, 0.25) is 10.0 Å². The molecule has 0 bridgehead atoms. The van der Waals surface area contributed by atoms with E-state index in [1.165, 1.54) is 11.3 Å². The normalized spacial score (nSPS) is 11.4. The molecule has 4 aromatic rings. The van der Waals surface area contributed by atoms with Crippen molar-refractivity contribution < 1.29 is 4.42 Å². The van der Waals surface area contributed by atoms with Crippen LogP contribution in [0.15, 0.2) is 34.7 Å². The molecule has 0 spiro atoms. The summed E-state index contributed by atoms with van der Waals surface area (Å²) in [5.74, 6) is 0. The zero-order valence-corrected chi connectivity index (χ0v) is 13.7. The molecule has 0 aliphatic heterocycles. The van der Waals surface area contributed by atoms with E-state index in [1.807, 2.05) is 31.2 Å². The second kappa shape index (κ2) is 5.12. The van der Waals surface area contributed by atoms with E-state index < -0.39 is 0 Å². The minimum Gasteiger partial charge on any atom is -0.423 e. The van der Waals surface area contributed by atoms with Gasteiger partial charge in [0.05, 0.1) is 14.7 Å². The molecule has 22 heavy (non-hydrogen) atoms. The van der Waals surface area contributed by atoms with Crippen LogP contribution in [0.4, 0.5) is 11.1 Å². The highest BCUT2D eigenvalue weighted by Gasteiger charge is 2.12. The SMILES string of the molecule is Cc1ccc2nc(Nc3nc4c(Cl)c(Cl)ccc4s3)oc2c1. The fraction of sp³-hybridized carbons (Fsp3) is 0.0667. The fourth-order valence-corrected chi connectivity index (χ4v) is 3.45. The fourth-order valence-electron chi connectivity index (χ4n) is 2.17. The Morgan fingerprint density at radius 3 is 2.86 bits per heavy atom. The molecule has 0 unspecified atom stereocenters. The molecular formula is C15H9Cl2N3OS. The number of oxazole rings is 1. The summed E-state index contributed by atoms with van der Waals surface area (Å²) in [4.78, 5) is 8.84. The number of nitrogens with one attached hydrogen (secondary N) is 1. The number of anilines is 2. The summed E-state index contributed by atoms with van der Waals surface area (Å²) < 4.78 is 6.64. The summed E-state index contributed by atoms with van der Waals surface area (Å²) >= 11 is 13.6. The third kappa shape index (κ3) is 2.31. The molecule has 0 saturated carbocycles. The van der Waals surface area contributed by atoms with Crippen LogP contribution in [-0.2, 0) is 0 Å². The Balaban J connectivity index is 1.74. The summed E-state index contributed by atoms with van der Waals surface area (Å²) in [6.45, 7) is 2.01. The van der Waals surface area contributed by atoms with Crippen LogP contribution in [0, 0.1) is 6.92 Å². The van der Waals surface area contributed by atoms with Crippen LogP contribution in [-0.4, -0.2) is 9.97 Å². The molecule has 2 aromatic carbocycles. The molecule has 4 rings (SSSR count). The van der Waals surface area contributed by atoms with Crippen molar-refractivity contribution in [3.63, 3.8) is 0 Å². The van der Waals surface area contributed by atoms with Gasteiger partial charge in [-0.05, 0) is 36.8 Å². The number of aromatic nitrogens is 2. The number of thiazole rings is 1. The standard InChI is InChI=1S/C15H9Cl2N3OS/c1-7-2-4-9-10(6-7)21-14(18-9)20-15-19-13-11(22-15)5-3-8(16)12(13)17/h2-6H,1H3,(H,18,19,20). The second-order valence-electron chi connectivity index (χ2n) is 4.84. The van der Waals surface area contributed by atoms with Gasteiger partial charge in [-0.2, -0.15) is 4.98 Å². The van der Waals surface area contributed by atoms with Gasteiger partial charge in [0.2, 0.25) is 0 Å². The number of rotatable bonds is 2. The third-order valence-electron chi connectivity index (χ3n) is 3.21. The molecular weight excluding hydrogens is 341 g/mol. The van der Waals surface area contributed by atoms with Crippen LogP contribution in [0.5, 0.6) is 0 Å². The maximum atomic E-state index is 6.17. The number of hydrogen-bond acceptors (Lipinski definition) is 5. The molecule has 7 heteroatoms. The Labute approximate surface area is 139 Å². The summed E-state index contributed by atoms with van der Waals surface area (Å²) in [5, 5.41) is 4.68. The van der Waals surface area contributed by atoms with E-state index in [-0.39, 0.29) is 0 Å². The lowest BCUT2D eigenvalue weighted by atomic mass is 10.2. The first-order valence-electron chi connectivity index (χ1n) is 6.49. The number of halogens is 2. The maximum absolute atomic E-state index is 6.17. The van der Waals surface area contributed by atoms with Crippen molar-refractivity contribution >= 4 is 67.0 Å². The van der Waals surface area contributed by atoms with Gasteiger partial charge in [-0.25, -0.2) is 4.98 Å². The molecule has 0 saturated heterocycles. The Kier molecular flexibility index (Phi) is 3.22. The highest BCUT2D eigenvalue weighted by molar-refractivity contribution is 7.22. The smallest absolute Gasteiger partial charge is 0.302 e. The van der Waals surface area contributed by atoms with Crippen molar-refractivity contribution in [1.29, 1.82) is 0 Å². The number of hydrogen-bond donors (Lipinski definition) is 1. The van der Waals surface area contributed by atoms with Crippen molar-refractivity contribution in [1.82, 2.24) is 9.97 Å². The first-order chi connectivity index (χ1) is 10.6. The third-order valence-corrected chi connectivity index (χ3v) is 4.94. The molecule has 4 nitrogen and oxygen atoms in total. The lowest BCUT2D eigenvalue weighted by molar-refractivity contribution is 0.623. The van der Waals surface area contributed by atoms with Gasteiger partial charge in [0, 0.05) is 0 Å². The van der Waals surface area contributed by atoms with Gasteiger partial charge in [0.25, 0.3) is 0 Å². The first kappa shape index (κ1) is 13.8.